The van der Waals surface area contributed by atoms with Crippen LogP contribution in [0.25, 0.3) is 10.9 Å². The number of fused-ring (bicyclic) bond motifs is 3. The Hall–Kier alpha value is -2.05. The molecule has 6 nitrogen and oxygen atoms in total. The van der Waals surface area contributed by atoms with Crippen molar-refractivity contribution >= 4 is 16.6 Å². The molecule has 0 aliphatic carbocycles. The molecule has 2 aromatic rings. The van der Waals surface area contributed by atoms with Gasteiger partial charge in [0.15, 0.2) is 0 Å². The summed E-state index contributed by atoms with van der Waals surface area (Å²) in [7, 11) is 3.15. The molecular weight excluding hydrogens is 284 g/mol. The van der Waals surface area contributed by atoms with E-state index in [0.29, 0.717) is 16.8 Å². The van der Waals surface area contributed by atoms with Crippen molar-refractivity contribution in [3.05, 3.63) is 33.6 Å². The molecule has 0 saturated carbocycles. The number of nitrogens with one attached hydrogen (secondary N) is 1. The second-order valence-electron chi connectivity index (χ2n) is 5.39. The number of nitrogens with zero attached hydrogens (tertiary/aromatic N) is 1. The summed E-state index contributed by atoms with van der Waals surface area (Å²) in [5.41, 5.74) is 2.98. The third-order valence-corrected chi connectivity index (χ3v) is 4.05. The molecule has 2 N–H and O–H groups in total. The fourth-order valence-corrected chi connectivity index (χ4v) is 3.07. The highest BCUT2D eigenvalue weighted by atomic mass is 16.5. The lowest BCUT2D eigenvalue weighted by atomic mass is 9.99. The van der Waals surface area contributed by atoms with E-state index < -0.39 is 0 Å². The molecule has 1 aliphatic heterocycles. The normalized spacial score (nSPS) is 13.8. The molecule has 2 heterocycles. The Bertz CT molecular complexity index is 767. The van der Waals surface area contributed by atoms with E-state index in [-0.39, 0.29) is 18.9 Å². The molecule has 0 amide bonds. The summed E-state index contributed by atoms with van der Waals surface area (Å²) >= 11 is 0. The van der Waals surface area contributed by atoms with Crippen LogP contribution in [-0.2, 0) is 24.5 Å². The molecule has 0 spiro atoms. The van der Waals surface area contributed by atoms with Crippen molar-refractivity contribution in [3.63, 3.8) is 0 Å². The van der Waals surface area contributed by atoms with Gasteiger partial charge in [-0.05, 0) is 30.5 Å². The van der Waals surface area contributed by atoms with Crippen molar-refractivity contribution < 1.29 is 14.6 Å². The molecular formula is C16H20N2O4. The van der Waals surface area contributed by atoms with Gasteiger partial charge in [0.2, 0.25) is 0 Å². The van der Waals surface area contributed by atoms with Crippen LogP contribution in [0.3, 0.4) is 0 Å². The highest BCUT2D eigenvalue weighted by molar-refractivity contribution is 5.99. The van der Waals surface area contributed by atoms with Gasteiger partial charge in [0, 0.05) is 19.2 Å². The topological polar surface area (TPSA) is 72.7 Å². The molecule has 3 rings (SSSR count). The number of hydrogen-bond acceptors (Lipinski definition) is 5. The summed E-state index contributed by atoms with van der Waals surface area (Å²) in [5, 5.41) is 13.7. The Morgan fingerprint density at radius 3 is 2.86 bits per heavy atom. The highest BCUT2D eigenvalue weighted by Crippen LogP contribution is 2.36. The maximum absolute atomic E-state index is 12.8. The van der Waals surface area contributed by atoms with E-state index in [0.717, 1.165) is 36.0 Å². The van der Waals surface area contributed by atoms with Crippen molar-refractivity contribution in [3.8, 4) is 5.75 Å². The van der Waals surface area contributed by atoms with Crippen LogP contribution in [0.1, 0.15) is 17.5 Å². The van der Waals surface area contributed by atoms with Crippen LogP contribution >= 0.6 is 0 Å². The Balaban J connectivity index is 2.45. The SMILES string of the molecule is COCn1c(=O)c2c(c3c(OC)cc(CO)cc31)NCCC2. The molecule has 118 valence electrons. The second kappa shape index (κ2) is 5.98. The van der Waals surface area contributed by atoms with Gasteiger partial charge in [-0.2, -0.15) is 0 Å². The van der Waals surface area contributed by atoms with Crippen molar-refractivity contribution in [2.45, 2.75) is 26.2 Å². The number of pyridine rings is 1. The van der Waals surface area contributed by atoms with Gasteiger partial charge in [-0.3, -0.25) is 9.36 Å². The van der Waals surface area contributed by atoms with Gasteiger partial charge in [0.25, 0.3) is 5.56 Å². The minimum atomic E-state index is -0.113. The van der Waals surface area contributed by atoms with Crippen LogP contribution in [0.2, 0.25) is 0 Å². The number of ether oxygens (including phenoxy) is 2. The Kier molecular flexibility index (Phi) is 4.04. The lowest BCUT2D eigenvalue weighted by Gasteiger charge is -2.23. The number of aliphatic hydroxyl groups is 1. The van der Waals surface area contributed by atoms with Gasteiger partial charge in [0.05, 0.1) is 30.3 Å². The zero-order valence-corrected chi connectivity index (χ0v) is 12.8. The average molecular weight is 304 g/mol. The summed E-state index contributed by atoms with van der Waals surface area (Å²) in [6.07, 6.45) is 1.67. The van der Waals surface area contributed by atoms with E-state index in [1.165, 1.54) is 0 Å². The van der Waals surface area contributed by atoms with Crippen LogP contribution < -0.4 is 15.6 Å². The quantitative estimate of drug-likeness (QED) is 0.895. The number of anilines is 1. The smallest absolute Gasteiger partial charge is 0.258 e. The summed E-state index contributed by atoms with van der Waals surface area (Å²) < 4.78 is 12.3. The first-order valence-electron chi connectivity index (χ1n) is 7.31. The lowest BCUT2D eigenvalue weighted by molar-refractivity contribution is 0.131. The van der Waals surface area contributed by atoms with Crippen molar-refractivity contribution in [2.24, 2.45) is 0 Å². The van der Waals surface area contributed by atoms with Crippen molar-refractivity contribution in [1.29, 1.82) is 0 Å². The predicted molar refractivity (Wildman–Crippen MR) is 84.5 cm³/mol. The fourth-order valence-electron chi connectivity index (χ4n) is 3.07. The van der Waals surface area contributed by atoms with Crippen LogP contribution in [0, 0.1) is 0 Å². The average Bonchev–Trinajstić information content (AvgIpc) is 2.57. The zero-order valence-electron chi connectivity index (χ0n) is 12.8. The van der Waals surface area contributed by atoms with Crippen LogP contribution in [0.15, 0.2) is 16.9 Å². The summed E-state index contributed by atoms with van der Waals surface area (Å²) in [6.45, 7) is 0.888. The number of rotatable bonds is 4. The molecule has 0 unspecified atom stereocenters. The molecule has 0 saturated heterocycles. The first-order valence-corrected chi connectivity index (χ1v) is 7.31. The third-order valence-electron chi connectivity index (χ3n) is 4.05. The molecule has 1 aromatic carbocycles. The van der Waals surface area contributed by atoms with Crippen molar-refractivity contribution in [2.75, 3.05) is 26.1 Å². The van der Waals surface area contributed by atoms with E-state index in [1.807, 2.05) is 6.07 Å². The first kappa shape index (κ1) is 14.9. The zero-order chi connectivity index (χ0) is 15.7. The number of benzene rings is 1. The van der Waals surface area contributed by atoms with E-state index in [2.05, 4.69) is 5.32 Å². The maximum atomic E-state index is 12.8. The maximum Gasteiger partial charge on any atom is 0.258 e. The highest BCUT2D eigenvalue weighted by Gasteiger charge is 2.22. The van der Waals surface area contributed by atoms with Gasteiger partial charge < -0.3 is 19.9 Å². The van der Waals surface area contributed by atoms with Gasteiger partial charge in [-0.25, -0.2) is 0 Å². The largest absolute Gasteiger partial charge is 0.496 e. The molecule has 22 heavy (non-hydrogen) atoms. The van der Waals surface area contributed by atoms with E-state index in [1.54, 1.807) is 24.9 Å². The Labute approximate surface area is 128 Å². The van der Waals surface area contributed by atoms with E-state index in [4.69, 9.17) is 9.47 Å². The number of hydrogen-bond donors (Lipinski definition) is 2. The fraction of sp³-hybridized carbons (Fsp3) is 0.438. The molecule has 6 heteroatoms. The lowest BCUT2D eigenvalue weighted by Crippen LogP contribution is -2.29. The molecule has 1 aliphatic rings. The van der Waals surface area contributed by atoms with E-state index in [9.17, 15) is 9.90 Å². The van der Waals surface area contributed by atoms with Crippen molar-refractivity contribution in [1.82, 2.24) is 4.57 Å². The summed E-state index contributed by atoms with van der Waals surface area (Å²) in [6, 6.07) is 3.62. The molecule has 0 radical (unpaired) electrons. The van der Waals surface area contributed by atoms with Crippen LogP contribution in [-0.4, -0.2) is 30.4 Å². The first-order chi connectivity index (χ1) is 10.7. The third kappa shape index (κ3) is 2.24. The van der Waals surface area contributed by atoms with Gasteiger partial charge in [-0.15, -0.1) is 0 Å². The number of aromatic nitrogens is 1. The standard InChI is InChI=1S/C16H20N2O4/c1-21-9-18-12-6-10(8-19)7-13(22-2)14(12)15-11(16(18)20)4-3-5-17-15/h6-7,17,19H,3-5,8-9H2,1-2H3. The minimum Gasteiger partial charge on any atom is -0.496 e. The van der Waals surface area contributed by atoms with Gasteiger partial charge in [-0.1, -0.05) is 0 Å². The van der Waals surface area contributed by atoms with Gasteiger partial charge in [0.1, 0.15) is 12.5 Å². The van der Waals surface area contributed by atoms with Gasteiger partial charge >= 0.3 is 0 Å². The molecule has 0 fully saturated rings. The summed E-state index contributed by atoms with van der Waals surface area (Å²) in [4.78, 5) is 12.8. The molecule has 0 bridgehead atoms. The minimum absolute atomic E-state index is 0.0475. The number of aliphatic hydroxyl groups excluding tert-OH is 1. The summed E-state index contributed by atoms with van der Waals surface area (Å²) in [5.74, 6) is 0.650. The molecule has 0 atom stereocenters. The van der Waals surface area contributed by atoms with Crippen LogP contribution in [0.5, 0.6) is 5.75 Å². The predicted octanol–water partition coefficient (Wildman–Crippen LogP) is 1.46. The van der Waals surface area contributed by atoms with Crippen LogP contribution in [0.4, 0.5) is 5.69 Å². The number of methoxy groups -OCH3 is 2. The Morgan fingerprint density at radius 1 is 1.36 bits per heavy atom. The Morgan fingerprint density at radius 2 is 2.18 bits per heavy atom. The molecule has 1 aromatic heterocycles. The monoisotopic (exact) mass is 304 g/mol. The van der Waals surface area contributed by atoms with E-state index >= 15 is 0 Å². The second-order valence-corrected chi connectivity index (χ2v) is 5.39.